The highest BCUT2D eigenvalue weighted by molar-refractivity contribution is 6.37. The molecule has 8 heteroatoms. The number of nitrogens with one attached hydrogen (secondary N) is 1. The van der Waals surface area contributed by atoms with Crippen molar-refractivity contribution in [3.8, 4) is 5.75 Å². The van der Waals surface area contributed by atoms with E-state index in [2.05, 4.69) is 10.5 Å². The van der Waals surface area contributed by atoms with Crippen LogP contribution in [0.25, 0.3) is 0 Å². The van der Waals surface area contributed by atoms with Crippen LogP contribution in [0.15, 0.2) is 28.8 Å². The van der Waals surface area contributed by atoms with Crippen LogP contribution in [0.5, 0.6) is 5.75 Å². The van der Waals surface area contributed by atoms with Gasteiger partial charge in [0.25, 0.3) is 5.91 Å². The van der Waals surface area contributed by atoms with Crippen molar-refractivity contribution in [1.29, 1.82) is 0 Å². The molecule has 1 aromatic heterocycles. The molecule has 1 amide bonds. The fraction of sp³-hybridized carbons (Fsp3) is 0.286. The predicted molar refractivity (Wildman–Crippen MR) is 81.3 cm³/mol. The average Bonchev–Trinajstić information content (AvgIpc) is 2.95. The topological polar surface area (TPSA) is 84.6 Å². The molecule has 0 bridgehead atoms. The number of ether oxygens (including phenoxy) is 1. The molecule has 1 heterocycles. The number of para-hydroxylation sites is 1. The summed E-state index contributed by atoms with van der Waals surface area (Å²) in [6.45, 7) is 1.53. The van der Waals surface area contributed by atoms with Gasteiger partial charge in [0, 0.05) is 12.1 Å². The third-order valence-corrected chi connectivity index (χ3v) is 3.32. The molecule has 0 radical (unpaired) electrons. The van der Waals surface area contributed by atoms with E-state index in [-0.39, 0.29) is 24.9 Å². The highest BCUT2D eigenvalue weighted by atomic mass is 35.5. The van der Waals surface area contributed by atoms with E-state index in [1.807, 2.05) is 0 Å². The molecule has 2 rings (SSSR count). The van der Waals surface area contributed by atoms with E-state index < -0.39 is 5.91 Å². The summed E-state index contributed by atoms with van der Waals surface area (Å²) < 4.78 is 10.5. The molecule has 22 heavy (non-hydrogen) atoms. The van der Waals surface area contributed by atoms with Crippen LogP contribution in [0.2, 0.25) is 10.0 Å². The Bertz CT molecular complexity index is 640. The van der Waals surface area contributed by atoms with Crippen LogP contribution in [0, 0.1) is 0 Å². The van der Waals surface area contributed by atoms with Gasteiger partial charge < -0.3 is 19.7 Å². The standard InChI is InChI=1S/C14H14Cl2N2O4/c1-8(6-19)17-14(20)12-5-9(22-18-12)7-21-13-10(15)3-2-4-11(13)16/h2-5,8,19H,6-7H2,1H3,(H,17,20). The minimum absolute atomic E-state index is 0.0271. The zero-order valence-electron chi connectivity index (χ0n) is 11.7. The first kappa shape index (κ1) is 16.6. The fourth-order valence-electron chi connectivity index (χ4n) is 1.60. The molecule has 0 spiro atoms. The summed E-state index contributed by atoms with van der Waals surface area (Å²) in [4.78, 5) is 11.8. The molecule has 0 saturated carbocycles. The lowest BCUT2D eigenvalue weighted by Gasteiger charge is -2.08. The van der Waals surface area contributed by atoms with E-state index >= 15 is 0 Å². The lowest BCUT2D eigenvalue weighted by Crippen LogP contribution is -2.35. The minimum atomic E-state index is -0.438. The van der Waals surface area contributed by atoms with E-state index in [0.29, 0.717) is 21.6 Å². The minimum Gasteiger partial charge on any atom is -0.482 e. The number of rotatable bonds is 6. The summed E-state index contributed by atoms with van der Waals surface area (Å²) in [5.74, 6) is 0.243. The zero-order chi connectivity index (χ0) is 16.1. The van der Waals surface area contributed by atoms with Gasteiger partial charge >= 0.3 is 0 Å². The lowest BCUT2D eigenvalue weighted by molar-refractivity contribution is 0.0913. The van der Waals surface area contributed by atoms with E-state index in [4.69, 9.17) is 37.6 Å². The van der Waals surface area contributed by atoms with Gasteiger partial charge in [-0.3, -0.25) is 4.79 Å². The van der Waals surface area contributed by atoms with Crippen molar-refractivity contribution in [1.82, 2.24) is 10.5 Å². The smallest absolute Gasteiger partial charge is 0.273 e. The highest BCUT2D eigenvalue weighted by Gasteiger charge is 2.15. The second-order valence-electron chi connectivity index (χ2n) is 4.58. The summed E-state index contributed by atoms with van der Waals surface area (Å²) in [5, 5.41) is 15.9. The molecule has 0 aliphatic heterocycles. The van der Waals surface area contributed by atoms with Crippen molar-refractivity contribution in [2.75, 3.05) is 6.61 Å². The summed E-state index contributed by atoms with van der Waals surface area (Å²) in [6, 6.07) is 6.09. The number of nitrogens with zero attached hydrogens (tertiary/aromatic N) is 1. The predicted octanol–water partition coefficient (Wildman–Crippen LogP) is 2.67. The average molecular weight is 345 g/mol. The van der Waals surface area contributed by atoms with Crippen molar-refractivity contribution in [3.05, 3.63) is 45.8 Å². The molecule has 1 atom stereocenters. The van der Waals surface area contributed by atoms with Gasteiger partial charge in [-0.15, -0.1) is 0 Å². The van der Waals surface area contributed by atoms with Crippen molar-refractivity contribution < 1.29 is 19.2 Å². The first-order valence-corrected chi connectivity index (χ1v) is 7.21. The highest BCUT2D eigenvalue weighted by Crippen LogP contribution is 2.32. The Morgan fingerprint density at radius 1 is 1.45 bits per heavy atom. The number of aliphatic hydroxyl groups excluding tert-OH is 1. The number of hydrogen-bond donors (Lipinski definition) is 2. The van der Waals surface area contributed by atoms with Gasteiger partial charge in [0.1, 0.15) is 6.61 Å². The maximum absolute atomic E-state index is 11.8. The molecule has 6 nitrogen and oxygen atoms in total. The molecule has 1 aromatic carbocycles. The van der Waals surface area contributed by atoms with Crippen molar-refractivity contribution >= 4 is 29.1 Å². The number of carbonyl (C=O) groups is 1. The van der Waals surface area contributed by atoms with E-state index in [1.165, 1.54) is 6.07 Å². The van der Waals surface area contributed by atoms with Crippen LogP contribution in [0.1, 0.15) is 23.2 Å². The Morgan fingerprint density at radius 3 is 2.77 bits per heavy atom. The van der Waals surface area contributed by atoms with E-state index in [0.717, 1.165) is 0 Å². The van der Waals surface area contributed by atoms with Crippen molar-refractivity contribution in [3.63, 3.8) is 0 Å². The van der Waals surface area contributed by atoms with Gasteiger partial charge in [-0.25, -0.2) is 0 Å². The zero-order valence-corrected chi connectivity index (χ0v) is 13.2. The normalized spacial score (nSPS) is 12.0. The number of aromatic nitrogens is 1. The van der Waals surface area contributed by atoms with Crippen LogP contribution in [0.3, 0.4) is 0 Å². The molecule has 0 fully saturated rings. The summed E-state index contributed by atoms with van der Waals surface area (Å²) in [6.07, 6.45) is 0. The van der Waals surface area contributed by atoms with E-state index in [1.54, 1.807) is 25.1 Å². The number of hydrogen-bond acceptors (Lipinski definition) is 5. The first-order chi connectivity index (χ1) is 10.5. The van der Waals surface area contributed by atoms with Crippen molar-refractivity contribution in [2.24, 2.45) is 0 Å². The maximum Gasteiger partial charge on any atom is 0.273 e. The Hall–Kier alpha value is -1.76. The number of amides is 1. The molecule has 0 aliphatic rings. The fourth-order valence-corrected chi connectivity index (χ4v) is 2.10. The molecule has 0 saturated heterocycles. The quantitative estimate of drug-likeness (QED) is 0.841. The number of carbonyl (C=O) groups excluding carboxylic acids is 1. The summed E-state index contributed by atoms with van der Waals surface area (Å²) >= 11 is 12.0. The third kappa shape index (κ3) is 4.13. The monoisotopic (exact) mass is 344 g/mol. The maximum atomic E-state index is 11.8. The number of aliphatic hydroxyl groups is 1. The molecule has 2 aromatic rings. The second kappa shape index (κ2) is 7.49. The van der Waals surface area contributed by atoms with Crippen LogP contribution >= 0.6 is 23.2 Å². The first-order valence-electron chi connectivity index (χ1n) is 6.45. The third-order valence-electron chi connectivity index (χ3n) is 2.72. The van der Waals surface area contributed by atoms with Gasteiger partial charge in [-0.05, 0) is 19.1 Å². The number of halogens is 2. The molecular weight excluding hydrogens is 331 g/mol. The molecule has 1 unspecified atom stereocenters. The Morgan fingerprint density at radius 2 is 2.14 bits per heavy atom. The second-order valence-corrected chi connectivity index (χ2v) is 5.39. The van der Waals surface area contributed by atoms with Gasteiger partial charge in [0.15, 0.2) is 17.2 Å². The molecular formula is C14H14Cl2N2O4. The van der Waals surface area contributed by atoms with Crippen LogP contribution in [-0.2, 0) is 6.61 Å². The van der Waals surface area contributed by atoms with Gasteiger partial charge in [-0.1, -0.05) is 34.4 Å². The Kier molecular flexibility index (Phi) is 5.65. The number of benzene rings is 1. The Labute approximate surface area is 137 Å². The molecule has 118 valence electrons. The van der Waals surface area contributed by atoms with E-state index in [9.17, 15) is 4.79 Å². The molecule has 0 aliphatic carbocycles. The summed E-state index contributed by atoms with van der Waals surface area (Å²) in [7, 11) is 0. The van der Waals surface area contributed by atoms with Gasteiger partial charge in [0.2, 0.25) is 0 Å². The lowest BCUT2D eigenvalue weighted by atomic mass is 10.3. The summed E-state index contributed by atoms with van der Waals surface area (Å²) in [5.41, 5.74) is 0.101. The van der Waals surface area contributed by atoms with Gasteiger partial charge in [-0.2, -0.15) is 0 Å². The Balaban J connectivity index is 1.99. The van der Waals surface area contributed by atoms with Gasteiger partial charge in [0.05, 0.1) is 16.7 Å². The van der Waals surface area contributed by atoms with Crippen LogP contribution in [-0.4, -0.2) is 28.8 Å². The van der Waals surface area contributed by atoms with Crippen molar-refractivity contribution in [2.45, 2.75) is 19.6 Å². The molecule has 2 N–H and O–H groups in total. The SMILES string of the molecule is CC(CO)NC(=O)c1cc(COc2c(Cl)cccc2Cl)on1. The van der Waals surface area contributed by atoms with Crippen LogP contribution < -0.4 is 10.1 Å². The van der Waals surface area contributed by atoms with Crippen LogP contribution in [0.4, 0.5) is 0 Å². The largest absolute Gasteiger partial charge is 0.482 e.